The van der Waals surface area contributed by atoms with E-state index in [1.54, 1.807) is 18.9 Å². The molecular formula is C16H23N3O2. The molecule has 5 nitrogen and oxygen atoms in total. The van der Waals surface area contributed by atoms with Gasteiger partial charge in [0.2, 0.25) is 5.88 Å². The van der Waals surface area contributed by atoms with Crippen LogP contribution in [-0.2, 0) is 12.0 Å². The molecule has 2 rings (SSSR count). The lowest BCUT2D eigenvalue weighted by molar-refractivity contribution is 0.378. The van der Waals surface area contributed by atoms with Gasteiger partial charge in [-0.2, -0.15) is 5.10 Å². The topological polar surface area (TPSA) is 62.3 Å². The molecule has 0 spiro atoms. The third-order valence-electron chi connectivity index (χ3n) is 3.34. The molecule has 1 heterocycles. The standard InChI is InChI=1S/C16H23N3O2/c1-16(2,3)14-13(10-17)15(21-5)19(18-14)11-7-6-8-12(9-11)20-4/h6-9H,10,17H2,1-5H3. The Bertz CT molecular complexity index is 627. The number of methoxy groups -OCH3 is 2. The summed E-state index contributed by atoms with van der Waals surface area (Å²) in [5, 5.41) is 4.72. The maximum atomic E-state index is 5.91. The molecule has 0 atom stereocenters. The summed E-state index contributed by atoms with van der Waals surface area (Å²) in [5.74, 6) is 1.45. The van der Waals surface area contributed by atoms with Crippen LogP contribution in [0.25, 0.3) is 5.69 Å². The van der Waals surface area contributed by atoms with Gasteiger partial charge in [-0.25, -0.2) is 4.68 Å². The number of hydrogen-bond acceptors (Lipinski definition) is 4. The van der Waals surface area contributed by atoms with Crippen LogP contribution in [0.2, 0.25) is 0 Å². The first kappa shape index (κ1) is 15.4. The van der Waals surface area contributed by atoms with Crippen molar-refractivity contribution in [2.45, 2.75) is 32.7 Å². The summed E-state index contributed by atoms with van der Waals surface area (Å²) in [6.07, 6.45) is 0. The van der Waals surface area contributed by atoms with E-state index in [0.29, 0.717) is 12.4 Å². The lowest BCUT2D eigenvalue weighted by Gasteiger charge is -2.16. The highest BCUT2D eigenvalue weighted by Crippen LogP contribution is 2.33. The van der Waals surface area contributed by atoms with Crippen molar-refractivity contribution in [1.82, 2.24) is 9.78 Å². The fraction of sp³-hybridized carbons (Fsp3) is 0.438. The van der Waals surface area contributed by atoms with Gasteiger partial charge in [0, 0.05) is 18.0 Å². The first-order valence-electron chi connectivity index (χ1n) is 6.93. The molecule has 0 saturated carbocycles. The van der Waals surface area contributed by atoms with Crippen molar-refractivity contribution in [1.29, 1.82) is 0 Å². The Balaban J connectivity index is 2.65. The Morgan fingerprint density at radius 3 is 2.43 bits per heavy atom. The first-order chi connectivity index (χ1) is 9.92. The minimum absolute atomic E-state index is 0.105. The average molecular weight is 289 g/mol. The molecule has 0 aliphatic rings. The molecule has 0 unspecified atom stereocenters. The second-order valence-electron chi connectivity index (χ2n) is 5.90. The smallest absolute Gasteiger partial charge is 0.221 e. The zero-order chi connectivity index (χ0) is 15.6. The second kappa shape index (κ2) is 5.77. The maximum Gasteiger partial charge on any atom is 0.221 e. The van der Waals surface area contributed by atoms with Crippen LogP contribution >= 0.6 is 0 Å². The van der Waals surface area contributed by atoms with Gasteiger partial charge < -0.3 is 15.2 Å². The zero-order valence-corrected chi connectivity index (χ0v) is 13.3. The van der Waals surface area contributed by atoms with Crippen LogP contribution in [0.4, 0.5) is 0 Å². The van der Waals surface area contributed by atoms with Gasteiger partial charge in [0.25, 0.3) is 0 Å². The zero-order valence-electron chi connectivity index (χ0n) is 13.3. The van der Waals surface area contributed by atoms with E-state index in [4.69, 9.17) is 20.3 Å². The number of benzene rings is 1. The van der Waals surface area contributed by atoms with E-state index in [1.165, 1.54) is 0 Å². The minimum atomic E-state index is -0.105. The Hall–Kier alpha value is -2.01. The fourth-order valence-corrected chi connectivity index (χ4v) is 2.35. The number of nitrogens with zero attached hydrogens (tertiary/aromatic N) is 2. The SMILES string of the molecule is COc1cccc(-n2nc(C(C)(C)C)c(CN)c2OC)c1. The van der Waals surface area contributed by atoms with E-state index in [1.807, 2.05) is 24.3 Å². The third-order valence-corrected chi connectivity index (χ3v) is 3.34. The minimum Gasteiger partial charge on any atom is -0.497 e. The molecule has 0 radical (unpaired) electrons. The van der Waals surface area contributed by atoms with E-state index in [0.717, 1.165) is 22.7 Å². The predicted molar refractivity (Wildman–Crippen MR) is 83.3 cm³/mol. The van der Waals surface area contributed by atoms with Crippen molar-refractivity contribution in [2.75, 3.05) is 14.2 Å². The average Bonchev–Trinajstić information content (AvgIpc) is 2.85. The summed E-state index contributed by atoms with van der Waals surface area (Å²) < 4.78 is 12.6. The number of aromatic nitrogens is 2. The van der Waals surface area contributed by atoms with Crippen LogP contribution in [-0.4, -0.2) is 24.0 Å². The number of nitrogens with two attached hydrogens (primary N) is 1. The third kappa shape index (κ3) is 2.88. The van der Waals surface area contributed by atoms with Gasteiger partial charge >= 0.3 is 0 Å². The summed E-state index contributed by atoms with van der Waals surface area (Å²) in [5.41, 5.74) is 8.58. The Morgan fingerprint density at radius 1 is 1.19 bits per heavy atom. The van der Waals surface area contributed by atoms with E-state index >= 15 is 0 Å². The Labute approximate surface area is 125 Å². The van der Waals surface area contributed by atoms with Crippen LogP contribution in [0.1, 0.15) is 32.0 Å². The van der Waals surface area contributed by atoms with Gasteiger partial charge in [-0.15, -0.1) is 0 Å². The highest BCUT2D eigenvalue weighted by atomic mass is 16.5. The monoisotopic (exact) mass is 289 g/mol. The van der Waals surface area contributed by atoms with Gasteiger partial charge in [0.15, 0.2) is 0 Å². The quantitative estimate of drug-likeness (QED) is 0.940. The van der Waals surface area contributed by atoms with E-state index in [9.17, 15) is 0 Å². The molecule has 1 aromatic heterocycles. The maximum absolute atomic E-state index is 5.91. The van der Waals surface area contributed by atoms with Crippen molar-refractivity contribution in [3.63, 3.8) is 0 Å². The molecule has 0 bridgehead atoms. The van der Waals surface area contributed by atoms with Crippen LogP contribution in [0, 0.1) is 0 Å². The van der Waals surface area contributed by atoms with Crippen molar-refractivity contribution < 1.29 is 9.47 Å². The van der Waals surface area contributed by atoms with Crippen LogP contribution in [0.3, 0.4) is 0 Å². The summed E-state index contributed by atoms with van der Waals surface area (Å²) in [7, 11) is 3.28. The van der Waals surface area contributed by atoms with Gasteiger partial charge in [-0.3, -0.25) is 0 Å². The molecule has 5 heteroatoms. The Morgan fingerprint density at radius 2 is 1.90 bits per heavy atom. The van der Waals surface area contributed by atoms with Crippen LogP contribution in [0.15, 0.2) is 24.3 Å². The molecule has 0 aliphatic carbocycles. The Kier molecular flexibility index (Phi) is 4.23. The largest absolute Gasteiger partial charge is 0.497 e. The summed E-state index contributed by atoms with van der Waals surface area (Å²) >= 11 is 0. The molecule has 1 aromatic carbocycles. The van der Waals surface area contributed by atoms with Crippen LogP contribution in [0.5, 0.6) is 11.6 Å². The summed E-state index contributed by atoms with van der Waals surface area (Å²) in [6.45, 7) is 6.73. The van der Waals surface area contributed by atoms with Crippen molar-refractivity contribution in [3.05, 3.63) is 35.5 Å². The number of ether oxygens (including phenoxy) is 2. The first-order valence-corrected chi connectivity index (χ1v) is 6.93. The molecule has 21 heavy (non-hydrogen) atoms. The van der Waals surface area contributed by atoms with E-state index in [2.05, 4.69) is 20.8 Å². The van der Waals surface area contributed by atoms with Gasteiger partial charge in [0.1, 0.15) is 5.75 Å². The van der Waals surface area contributed by atoms with Crippen molar-refractivity contribution >= 4 is 0 Å². The molecule has 0 aliphatic heterocycles. The van der Waals surface area contributed by atoms with Gasteiger partial charge in [0.05, 0.1) is 31.2 Å². The molecular weight excluding hydrogens is 266 g/mol. The molecule has 0 saturated heterocycles. The summed E-state index contributed by atoms with van der Waals surface area (Å²) in [4.78, 5) is 0. The fourth-order valence-electron chi connectivity index (χ4n) is 2.35. The molecule has 0 amide bonds. The molecule has 2 N–H and O–H groups in total. The highest BCUT2D eigenvalue weighted by molar-refractivity contribution is 5.46. The number of hydrogen-bond donors (Lipinski definition) is 1. The predicted octanol–water partition coefficient (Wildman–Crippen LogP) is 2.65. The highest BCUT2D eigenvalue weighted by Gasteiger charge is 2.27. The lowest BCUT2D eigenvalue weighted by Crippen LogP contribution is -2.16. The van der Waals surface area contributed by atoms with E-state index < -0.39 is 0 Å². The summed E-state index contributed by atoms with van der Waals surface area (Å²) in [6, 6.07) is 7.70. The molecule has 114 valence electrons. The van der Waals surface area contributed by atoms with Crippen molar-refractivity contribution in [2.24, 2.45) is 5.73 Å². The number of rotatable bonds is 4. The van der Waals surface area contributed by atoms with Gasteiger partial charge in [-0.05, 0) is 12.1 Å². The molecule has 2 aromatic rings. The van der Waals surface area contributed by atoms with E-state index in [-0.39, 0.29) is 5.41 Å². The normalized spacial score (nSPS) is 11.5. The van der Waals surface area contributed by atoms with Crippen molar-refractivity contribution in [3.8, 4) is 17.3 Å². The lowest BCUT2D eigenvalue weighted by atomic mass is 9.89. The van der Waals surface area contributed by atoms with Crippen LogP contribution < -0.4 is 15.2 Å². The second-order valence-corrected chi connectivity index (χ2v) is 5.90. The molecule has 0 fully saturated rings. The van der Waals surface area contributed by atoms with Gasteiger partial charge in [-0.1, -0.05) is 26.8 Å².